The lowest BCUT2D eigenvalue weighted by Gasteiger charge is -2.36. The number of rotatable bonds is 3. The van der Waals surface area contributed by atoms with E-state index in [1.165, 1.54) is 0 Å². The molecule has 1 aliphatic rings. The molecule has 1 aromatic rings. The third kappa shape index (κ3) is 2.37. The van der Waals surface area contributed by atoms with Gasteiger partial charge < -0.3 is 9.84 Å². The van der Waals surface area contributed by atoms with Crippen LogP contribution in [0.2, 0.25) is 0 Å². The SMILES string of the molecule is N#Cc1ccc(Br)c(OCC2(O)CCC2)c1. The van der Waals surface area contributed by atoms with Crippen LogP contribution in [0.4, 0.5) is 0 Å². The van der Waals surface area contributed by atoms with E-state index in [9.17, 15) is 5.11 Å². The number of aliphatic hydroxyl groups is 1. The first-order chi connectivity index (χ1) is 7.63. The summed E-state index contributed by atoms with van der Waals surface area (Å²) in [6.45, 7) is 0.292. The van der Waals surface area contributed by atoms with Crippen molar-refractivity contribution in [2.75, 3.05) is 6.61 Å². The van der Waals surface area contributed by atoms with Crippen molar-refractivity contribution in [1.29, 1.82) is 5.26 Å². The van der Waals surface area contributed by atoms with Crippen molar-refractivity contribution in [2.45, 2.75) is 24.9 Å². The van der Waals surface area contributed by atoms with E-state index in [4.69, 9.17) is 10.00 Å². The second-order valence-corrected chi connectivity index (χ2v) is 4.98. The fourth-order valence-corrected chi connectivity index (χ4v) is 1.99. The second-order valence-electron chi connectivity index (χ2n) is 4.12. The van der Waals surface area contributed by atoms with Gasteiger partial charge in [-0.3, -0.25) is 0 Å². The number of ether oxygens (including phenoxy) is 1. The van der Waals surface area contributed by atoms with Gasteiger partial charge in [-0.05, 0) is 53.4 Å². The van der Waals surface area contributed by atoms with E-state index in [0.29, 0.717) is 17.9 Å². The van der Waals surface area contributed by atoms with Gasteiger partial charge in [-0.1, -0.05) is 0 Å². The Hall–Kier alpha value is -1.05. The zero-order valence-corrected chi connectivity index (χ0v) is 10.3. The molecule has 1 saturated carbocycles. The molecule has 0 spiro atoms. The summed E-state index contributed by atoms with van der Waals surface area (Å²) in [5.74, 6) is 0.611. The Morgan fingerprint density at radius 3 is 2.81 bits per heavy atom. The van der Waals surface area contributed by atoms with E-state index >= 15 is 0 Å². The van der Waals surface area contributed by atoms with Crippen LogP contribution in [0.15, 0.2) is 22.7 Å². The predicted octanol–water partition coefficient (Wildman–Crippen LogP) is 2.61. The van der Waals surface area contributed by atoms with E-state index in [0.717, 1.165) is 23.7 Å². The molecule has 1 aromatic carbocycles. The largest absolute Gasteiger partial charge is 0.489 e. The van der Waals surface area contributed by atoms with Crippen LogP contribution in [-0.2, 0) is 0 Å². The number of benzene rings is 1. The van der Waals surface area contributed by atoms with Crippen LogP contribution < -0.4 is 4.74 Å². The second kappa shape index (κ2) is 4.44. The normalized spacial score (nSPS) is 17.3. The lowest BCUT2D eigenvalue weighted by molar-refractivity contribution is -0.0665. The summed E-state index contributed by atoms with van der Waals surface area (Å²) in [6.07, 6.45) is 2.64. The molecule has 0 aromatic heterocycles. The van der Waals surface area contributed by atoms with Crippen LogP contribution in [0.5, 0.6) is 5.75 Å². The van der Waals surface area contributed by atoms with Gasteiger partial charge in [-0.15, -0.1) is 0 Å². The molecule has 4 heteroatoms. The molecule has 16 heavy (non-hydrogen) atoms. The molecule has 1 aliphatic carbocycles. The van der Waals surface area contributed by atoms with Crippen molar-refractivity contribution < 1.29 is 9.84 Å². The van der Waals surface area contributed by atoms with E-state index < -0.39 is 5.60 Å². The van der Waals surface area contributed by atoms with Gasteiger partial charge in [0.15, 0.2) is 0 Å². The Morgan fingerprint density at radius 2 is 2.25 bits per heavy atom. The number of nitrogens with zero attached hydrogens (tertiary/aromatic N) is 1. The van der Waals surface area contributed by atoms with Gasteiger partial charge in [-0.2, -0.15) is 5.26 Å². The summed E-state index contributed by atoms with van der Waals surface area (Å²) >= 11 is 3.35. The van der Waals surface area contributed by atoms with Crippen LogP contribution in [0.3, 0.4) is 0 Å². The lowest BCUT2D eigenvalue weighted by atomic mass is 9.81. The topological polar surface area (TPSA) is 53.2 Å². The third-order valence-corrected chi connectivity index (χ3v) is 3.50. The number of hydrogen-bond donors (Lipinski definition) is 1. The molecule has 0 radical (unpaired) electrons. The Morgan fingerprint density at radius 1 is 1.50 bits per heavy atom. The number of nitriles is 1. The van der Waals surface area contributed by atoms with Crippen molar-refractivity contribution in [3.8, 4) is 11.8 Å². The zero-order chi connectivity index (χ0) is 11.6. The van der Waals surface area contributed by atoms with Crippen LogP contribution in [0.1, 0.15) is 24.8 Å². The average Bonchev–Trinajstić information content (AvgIpc) is 2.25. The van der Waals surface area contributed by atoms with Crippen molar-refractivity contribution in [1.82, 2.24) is 0 Å². The van der Waals surface area contributed by atoms with Crippen molar-refractivity contribution >= 4 is 15.9 Å². The Balaban J connectivity index is 2.06. The summed E-state index contributed by atoms with van der Waals surface area (Å²) < 4.78 is 6.34. The molecule has 3 nitrogen and oxygen atoms in total. The predicted molar refractivity (Wildman–Crippen MR) is 63.2 cm³/mol. The molecule has 2 rings (SSSR count). The molecule has 0 atom stereocenters. The maximum atomic E-state index is 9.88. The van der Waals surface area contributed by atoms with Gasteiger partial charge in [0.1, 0.15) is 12.4 Å². The van der Waals surface area contributed by atoms with E-state index in [2.05, 4.69) is 22.0 Å². The summed E-state index contributed by atoms with van der Waals surface area (Å²) in [4.78, 5) is 0. The number of hydrogen-bond acceptors (Lipinski definition) is 3. The molecule has 0 saturated heterocycles. The summed E-state index contributed by atoms with van der Waals surface area (Å²) in [5, 5.41) is 18.7. The molecule has 0 amide bonds. The minimum absolute atomic E-state index is 0.292. The summed E-state index contributed by atoms with van der Waals surface area (Å²) in [6, 6.07) is 7.22. The average molecular weight is 282 g/mol. The highest BCUT2D eigenvalue weighted by Gasteiger charge is 2.35. The first-order valence-electron chi connectivity index (χ1n) is 5.18. The molecule has 0 heterocycles. The molecule has 1 N–H and O–H groups in total. The van der Waals surface area contributed by atoms with E-state index in [1.807, 2.05) is 0 Å². The lowest BCUT2D eigenvalue weighted by Crippen LogP contribution is -2.42. The maximum absolute atomic E-state index is 9.88. The third-order valence-electron chi connectivity index (χ3n) is 2.84. The monoisotopic (exact) mass is 281 g/mol. The zero-order valence-electron chi connectivity index (χ0n) is 8.74. The van der Waals surface area contributed by atoms with Gasteiger partial charge in [-0.25, -0.2) is 0 Å². The van der Waals surface area contributed by atoms with Gasteiger partial charge in [0.2, 0.25) is 0 Å². The van der Waals surface area contributed by atoms with Gasteiger partial charge >= 0.3 is 0 Å². The highest BCUT2D eigenvalue weighted by atomic mass is 79.9. The fourth-order valence-electron chi connectivity index (χ4n) is 1.62. The van der Waals surface area contributed by atoms with Crippen LogP contribution in [-0.4, -0.2) is 17.3 Å². The van der Waals surface area contributed by atoms with Crippen molar-refractivity contribution in [2.24, 2.45) is 0 Å². The molecule has 0 bridgehead atoms. The quantitative estimate of drug-likeness (QED) is 0.927. The molecular weight excluding hydrogens is 270 g/mol. The van der Waals surface area contributed by atoms with Gasteiger partial charge in [0.25, 0.3) is 0 Å². The Labute approximate surface area is 103 Å². The molecule has 1 fully saturated rings. The Kier molecular flexibility index (Phi) is 3.17. The smallest absolute Gasteiger partial charge is 0.134 e. The van der Waals surface area contributed by atoms with Crippen LogP contribution in [0, 0.1) is 11.3 Å². The van der Waals surface area contributed by atoms with E-state index in [-0.39, 0.29) is 0 Å². The molecule has 0 aliphatic heterocycles. The summed E-state index contributed by atoms with van der Waals surface area (Å²) in [5.41, 5.74) is -0.110. The first-order valence-corrected chi connectivity index (χ1v) is 5.97. The molecular formula is C12H12BrNO2. The van der Waals surface area contributed by atoms with Gasteiger partial charge in [0, 0.05) is 0 Å². The minimum Gasteiger partial charge on any atom is -0.489 e. The fraction of sp³-hybridized carbons (Fsp3) is 0.417. The Bertz CT molecular complexity index is 435. The number of halogens is 1. The minimum atomic E-state index is -0.665. The molecule has 0 unspecified atom stereocenters. The van der Waals surface area contributed by atoms with Crippen LogP contribution >= 0.6 is 15.9 Å². The maximum Gasteiger partial charge on any atom is 0.134 e. The van der Waals surface area contributed by atoms with E-state index in [1.54, 1.807) is 18.2 Å². The van der Waals surface area contributed by atoms with Crippen molar-refractivity contribution in [3.63, 3.8) is 0 Å². The van der Waals surface area contributed by atoms with Crippen molar-refractivity contribution in [3.05, 3.63) is 28.2 Å². The highest BCUT2D eigenvalue weighted by Crippen LogP contribution is 2.33. The first kappa shape index (κ1) is 11.4. The summed E-state index contributed by atoms with van der Waals surface area (Å²) in [7, 11) is 0. The highest BCUT2D eigenvalue weighted by molar-refractivity contribution is 9.10. The molecule has 84 valence electrons. The van der Waals surface area contributed by atoms with Crippen LogP contribution in [0.25, 0.3) is 0 Å². The van der Waals surface area contributed by atoms with Gasteiger partial charge in [0.05, 0.1) is 21.7 Å². The standard InChI is InChI=1S/C12H12BrNO2/c13-10-3-2-9(7-14)6-11(10)16-8-12(15)4-1-5-12/h2-3,6,15H,1,4-5,8H2.